The number of oxazole rings is 1. The number of hydrogen-bond donors (Lipinski definition) is 1. The molecule has 32 heavy (non-hydrogen) atoms. The molecular weight excluding hydrogens is 430 g/mol. The summed E-state index contributed by atoms with van der Waals surface area (Å²) < 4.78 is 6.28. The molecule has 8 nitrogen and oxygen atoms in total. The normalized spacial score (nSPS) is 12.2. The van der Waals surface area contributed by atoms with Crippen molar-refractivity contribution in [2.24, 2.45) is 0 Å². The number of nitrogens with zero attached hydrogens (tertiary/aromatic N) is 2. The molecule has 0 aliphatic rings. The maximum atomic E-state index is 12.9. The lowest BCUT2D eigenvalue weighted by Gasteiger charge is -2.19. The molecule has 1 unspecified atom stereocenters. The first kappa shape index (κ1) is 21.5. The summed E-state index contributed by atoms with van der Waals surface area (Å²) in [5.41, 5.74) is 2.34. The van der Waals surface area contributed by atoms with E-state index in [-0.39, 0.29) is 29.8 Å². The van der Waals surface area contributed by atoms with E-state index in [2.05, 4.69) is 19.2 Å². The van der Waals surface area contributed by atoms with Gasteiger partial charge in [0, 0.05) is 10.9 Å². The number of fused-ring (bicyclic) bond motifs is 1. The molecule has 1 atom stereocenters. The molecule has 0 spiro atoms. The van der Waals surface area contributed by atoms with E-state index >= 15 is 0 Å². The van der Waals surface area contributed by atoms with Crippen molar-refractivity contribution in [1.82, 2.24) is 9.88 Å². The zero-order chi connectivity index (χ0) is 22.8. The van der Waals surface area contributed by atoms with E-state index in [1.54, 1.807) is 0 Å². The van der Waals surface area contributed by atoms with Gasteiger partial charge in [-0.2, -0.15) is 0 Å². The van der Waals surface area contributed by atoms with E-state index in [1.807, 2.05) is 41.8 Å². The third-order valence-corrected chi connectivity index (χ3v) is 6.17. The minimum Gasteiger partial charge on any atom is -0.407 e. The Balaban J connectivity index is 1.60. The van der Waals surface area contributed by atoms with Crippen molar-refractivity contribution in [2.45, 2.75) is 32.4 Å². The number of amides is 1. The third-order valence-electron chi connectivity index (χ3n) is 5.23. The summed E-state index contributed by atoms with van der Waals surface area (Å²) in [6.45, 7) is 3.97. The van der Waals surface area contributed by atoms with E-state index < -0.39 is 10.7 Å². The fraction of sp³-hybridized carbons (Fsp3) is 0.217. The number of carbonyl (C=O) groups is 1. The Morgan fingerprint density at radius 3 is 2.50 bits per heavy atom. The second-order valence-electron chi connectivity index (χ2n) is 7.70. The first-order chi connectivity index (χ1) is 15.3. The van der Waals surface area contributed by atoms with Crippen LogP contribution in [0.2, 0.25) is 0 Å². The maximum Gasteiger partial charge on any atom is 0.420 e. The van der Waals surface area contributed by atoms with Crippen molar-refractivity contribution in [1.29, 1.82) is 0 Å². The highest BCUT2D eigenvalue weighted by Crippen LogP contribution is 2.28. The molecule has 0 aliphatic heterocycles. The van der Waals surface area contributed by atoms with Crippen LogP contribution < -0.4 is 11.1 Å². The monoisotopic (exact) mass is 451 g/mol. The van der Waals surface area contributed by atoms with Crippen LogP contribution in [0.4, 0.5) is 5.69 Å². The number of thiophene rings is 1. The molecule has 0 radical (unpaired) electrons. The molecule has 2 heterocycles. The highest BCUT2D eigenvalue weighted by atomic mass is 32.1. The lowest BCUT2D eigenvalue weighted by Crippen LogP contribution is -2.34. The van der Waals surface area contributed by atoms with Crippen molar-refractivity contribution in [3.05, 3.63) is 96.6 Å². The Labute approximate surface area is 187 Å². The van der Waals surface area contributed by atoms with Crippen LogP contribution in [0.5, 0.6) is 0 Å². The van der Waals surface area contributed by atoms with Crippen LogP contribution in [0.1, 0.15) is 41.8 Å². The summed E-state index contributed by atoms with van der Waals surface area (Å²) in [6, 6.07) is 15.5. The standard InChI is InChI=1S/C23H21N3O5S/c1-14(2)15-5-7-16(8-6-15)22(20-4-3-11-32-20)24-21(27)13-25-18-10-9-17(26(29)30)12-19(18)31-23(25)28/h3-12,14,22H,13H2,1-2H3,(H,24,27). The Morgan fingerprint density at radius 2 is 1.88 bits per heavy atom. The van der Waals surface area contributed by atoms with Gasteiger partial charge in [0.1, 0.15) is 6.54 Å². The number of aromatic nitrogens is 1. The van der Waals surface area contributed by atoms with Gasteiger partial charge in [0.15, 0.2) is 5.58 Å². The molecule has 0 fully saturated rings. The average Bonchev–Trinajstić information content (AvgIpc) is 3.40. The number of carbonyl (C=O) groups excluding carboxylic acids is 1. The number of benzene rings is 2. The number of nitrogens with one attached hydrogen (secondary N) is 1. The van der Waals surface area contributed by atoms with Gasteiger partial charge in [-0.05, 0) is 34.6 Å². The van der Waals surface area contributed by atoms with Crippen molar-refractivity contribution in [3.63, 3.8) is 0 Å². The first-order valence-electron chi connectivity index (χ1n) is 10.0. The molecule has 4 aromatic rings. The Morgan fingerprint density at radius 1 is 1.16 bits per heavy atom. The van der Waals surface area contributed by atoms with Crippen LogP contribution in [0.15, 0.2) is 69.2 Å². The average molecular weight is 452 g/mol. The van der Waals surface area contributed by atoms with Crippen molar-refractivity contribution in [3.8, 4) is 0 Å². The van der Waals surface area contributed by atoms with Gasteiger partial charge in [-0.1, -0.05) is 44.2 Å². The van der Waals surface area contributed by atoms with Crippen LogP contribution in [-0.4, -0.2) is 15.4 Å². The van der Waals surface area contributed by atoms with Crippen LogP contribution in [0.3, 0.4) is 0 Å². The summed E-state index contributed by atoms with van der Waals surface area (Å²) >= 11 is 1.53. The van der Waals surface area contributed by atoms with Crippen LogP contribution in [0, 0.1) is 10.1 Å². The predicted molar refractivity (Wildman–Crippen MR) is 122 cm³/mol. The van der Waals surface area contributed by atoms with E-state index in [9.17, 15) is 19.7 Å². The lowest BCUT2D eigenvalue weighted by atomic mass is 9.98. The molecule has 9 heteroatoms. The Hall–Kier alpha value is -3.72. The molecule has 4 rings (SSSR count). The predicted octanol–water partition coefficient (Wildman–Crippen LogP) is 4.59. The van der Waals surface area contributed by atoms with Gasteiger partial charge in [0.25, 0.3) is 5.69 Å². The molecule has 164 valence electrons. The fourth-order valence-corrected chi connectivity index (χ4v) is 4.32. The van der Waals surface area contributed by atoms with Gasteiger partial charge in [0.05, 0.1) is 22.5 Å². The minimum atomic E-state index is -0.746. The van der Waals surface area contributed by atoms with Crippen LogP contribution in [-0.2, 0) is 11.3 Å². The van der Waals surface area contributed by atoms with Crippen molar-refractivity contribution >= 4 is 34.0 Å². The van der Waals surface area contributed by atoms with Gasteiger partial charge in [-0.15, -0.1) is 11.3 Å². The van der Waals surface area contributed by atoms with Gasteiger partial charge < -0.3 is 9.73 Å². The number of rotatable bonds is 7. The second kappa shape index (κ2) is 8.80. The maximum absolute atomic E-state index is 12.9. The molecule has 0 bridgehead atoms. The molecule has 0 aliphatic carbocycles. The van der Waals surface area contributed by atoms with Gasteiger partial charge >= 0.3 is 5.76 Å². The van der Waals surface area contributed by atoms with E-state index in [0.29, 0.717) is 11.4 Å². The summed E-state index contributed by atoms with van der Waals surface area (Å²) in [7, 11) is 0. The van der Waals surface area contributed by atoms with Gasteiger partial charge in [-0.3, -0.25) is 19.5 Å². The summed E-state index contributed by atoms with van der Waals surface area (Å²) in [5, 5.41) is 15.9. The van der Waals surface area contributed by atoms with E-state index in [4.69, 9.17) is 4.42 Å². The van der Waals surface area contributed by atoms with E-state index in [0.717, 1.165) is 10.4 Å². The molecular formula is C23H21N3O5S. The zero-order valence-electron chi connectivity index (χ0n) is 17.5. The van der Waals surface area contributed by atoms with Crippen LogP contribution >= 0.6 is 11.3 Å². The number of hydrogen-bond acceptors (Lipinski definition) is 6. The largest absolute Gasteiger partial charge is 0.420 e. The molecule has 1 N–H and O–H groups in total. The molecule has 0 saturated carbocycles. The minimum absolute atomic E-state index is 0.0658. The topological polar surface area (TPSA) is 107 Å². The lowest BCUT2D eigenvalue weighted by molar-refractivity contribution is -0.384. The summed E-state index contributed by atoms with van der Waals surface area (Å²) in [4.78, 5) is 36.6. The SMILES string of the molecule is CC(C)c1ccc(C(NC(=O)Cn2c(=O)oc3cc([N+](=O)[O-])ccc32)c2cccs2)cc1. The number of nitro groups is 1. The van der Waals surface area contributed by atoms with E-state index in [1.165, 1.54) is 39.7 Å². The van der Waals surface area contributed by atoms with Gasteiger partial charge in [0.2, 0.25) is 5.91 Å². The number of non-ortho nitro benzene ring substituents is 1. The smallest absolute Gasteiger partial charge is 0.407 e. The molecule has 0 saturated heterocycles. The summed E-state index contributed by atoms with van der Waals surface area (Å²) in [6.07, 6.45) is 0. The Bertz CT molecular complexity index is 1320. The second-order valence-corrected chi connectivity index (χ2v) is 8.68. The summed E-state index contributed by atoms with van der Waals surface area (Å²) in [5.74, 6) is -0.722. The molecule has 2 aromatic heterocycles. The van der Waals surface area contributed by atoms with Gasteiger partial charge in [-0.25, -0.2) is 4.79 Å². The quantitative estimate of drug-likeness (QED) is 0.327. The first-order valence-corrected chi connectivity index (χ1v) is 10.9. The van der Waals surface area contributed by atoms with Crippen molar-refractivity contribution in [2.75, 3.05) is 0 Å². The highest BCUT2D eigenvalue weighted by molar-refractivity contribution is 7.10. The molecule has 2 aromatic carbocycles. The molecule has 1 amide bonds. The van der Waals surface area contributed by atoms with Crippen LogP contribution in [0.25, 0.3) is 11.1 Å². The zero-order valence-corrected chi connectivity index (χ0v) is 18.3. The third kappa shape index (κ3) is 4.33. The number of nitro benzene ring substituents is 1. The fourth-order valence-electron chi connectivity index (χ4n) is 3.52. The Kier molecular flexibility index (Phi) is 5.91. The highest BCUT2D eigenvalue weighted by Gasteiger charge is 2.21. The van der Waals surface area contributed by atoms with Crippen molar-refractivity contribution < 1.29 is 14.1 Å².